The van der Waals surface area contributed by atoms with Crippen LogP contribution in [0.25, 0.3) is 0 Å². The molecule has 3 N–H and O–H groups in total. The van der Waals surface area contributed by atoms with Gasteiger partial charge in [-0.1, -0.05) is 18.2 Å². The number of hydrogen-bond donors (Lipinski definition) is 2. The molecule has 0 spiro atoms. The van der Waals surface area contributed by atoms with E-state index in [-0.39, 0.29) is 18.5 Å². The van der Waals surface area contributed by atoms with Gasteiger partial charge in [0.1, 0.15) is 5.75 Å². The Kier molecular flexibility index (Phi) is 5.38. The molecule has 0 saturated carbocycles. The Bertz CT molecular complexity index is 444. The van der Waals surface area contributed by atoms with E-state index in [0.717, 1.165) is 24.4 Å². The third-order valence-electron chi connectivity index (χ3n) is 3.76. The van der Waals surface area contributed by atoms with E-state index < -0.39 is 0 Å². The summed E-state index contributed by atoms with van der Waals surface area (Å²) in [6.07, 6.45) is 2.41. The van der Waals surface area contributed by atoms with Gasteiger partial charge in [0.15, 0.2) is 0 Å². The lowest BCUT2D eigenvalue weighted by Gasteiger charge is -2.29. The van der Waals surface area contributed by atoms with Crippen molar-refractivity contribution in [1.82, 2.24) is 10.2 Å². The summed E-state index contributed by atoms with van der Waals surface area (Å²) in [4.78, 5) is 13.8. The molecule has 1 aliphatic rings. The number of nitrogens with two attached hydrogens (primary N) is 1. The zero-order chi connectivity index (χ0) is 14.4. The van der Waals surface area contributed by atoms with Crippen molar-refractivity contribution in [3.8, 4) is 5.75 Å². The van der Waals surface area contributed by atoms with Gasteiger partial charge in [-0.2, -0.15) is 0 Å². The lowest BCUT2D eigenvalue weighted by atomic mass is 10.0. The number of nitrogens with one attached hydrogen (secondary N) is 1. The van der Waals surface area contributed by atoms with E-state index in [4.69, 9.17) is 10.5 Å². The number of ether oxygens (including phenoxy) is 1. The van der Waals surface area contributed by atoms with Gasteiger partial charge < -0.3 is 15.8 Å². The van der Waals surface area contributed by atoms with Gasteiger partial charge in [-0.05, 0) is 32.0 Å². The lowest BCUT2D eigenvalue weighted by molar-refractivity contribution is -0.119. The fourth-order valence-corrected chi connectivity index (χ4v) is 2.71. The van der Waals surface area contributed by atoms with Crippen molar-refractivity contribution in [3.05, 3.63) is 29.8 Å². The zero-order valence-corrected chi connectivity index (χ0v) is 12.0. The standard InChI is InChI=1S/C15H23N3O2/c1-20-14-7-3-2-6-12(14)13(11-17-15(19)10-16)18-8-4-5-9-18/h2-3,6-7,13H,4-5,8-11,16H2,1H3,(H,17,19). The largest absolute Gasteiger partial charge is 0.496 e. The van der Waals surface area contributed by atoms with Crippen molar-refractivity contribution in [2.75, 3.05) is 33.3 Å². The molecule has 0 aromatic heterocycles. The molecule has 1 atom stereocenters. The first-order valence-electron chi connectivity index (χ1n) is 7.10. The van der Waals surface area contributed by atoms with Crippen LogP contribution < -0.4 is 15.8 Å². The fraction of sp³-hybridized carbons (Fsp3) is 0.533. The predicted molar refractivity (Wildman–Crippen MR) is 78.6 cm³/mol. The molecular weight excluding hydrogens is 254 g/mol. The molecule has 1 fully saturated rings. The molecule has 1 saturated heterocycles. The number of nitrogens with zero attached hydrogens (tertiary/aromatic N) is 1. The highest BCUT2D eigenvalue weighted by atomic mass is 16.5. The van der Waals surface area contributed by atoms with Gasteiger partial charge in [0.05, 0.1) is 19.7 Å². The average Bonchev–Trinajstić information content (AvgIpc) is 3.01. The summed E-state index contributed by atoms with van der Waals surface area (Å²) in [5, 5.41) is 2.90. The second kappa shape index (κ2) is 7.26. The van der Waals surface area contributed by atoms with E-state index in [1.54, 1.807) is 7.11 Å². The predicted octanol–water partition coefficient (Wildman–Crippen LogP) is 0.907. The maximum atomic E-state index is 11.4. The van der Waals surface area contributed by atoms with Crippen LogP contribution in [-0.2, 0) is 4.79 Å². The Labute approximate surface area is 120 Å². The maximum absolute atomic E-state index is 11.4. The topological polar surface area (TPSA) is 67.6 Å². The Morgan fingerprint density at radius 3 is 2.75 bits per heavy atom. The summed E-state index contributed by atoms with van der Waals surface area (Å²) in [6.45, 7) is 2.71. The Morgan fingerprint density at radius 2 is 2.10 bits per heavy atom. The number of carbonyl (C=O) groups excluding carboxylic acids is 1. The number of amides is 1. The monoisotopic (exact) mass is 277 g/mol. The summed E-state index contributed by atoms with van der Waals surface area (Å²) in [7, 11) is 1.68. The molecule has 2 rings (SSSR count). The first-order valence-corrected chi connectivity index (χ1v) is 7.10. The minimum absolute atomic E-state index is 0.0264. The van der Waals surface area contributed by atoms with Crippen molar-refractivity contribution in [1.29, 1.82) is 0 Å². The van der Waals surface area contributed by atoms with E-state index in [1.165, 1.54) is 12.8 Å². The molecule has 110 valence electrons. The number of carbonyl (C=O) groups is 1. The number of methoxy groups -OCH3 is 1. The Balaban J connectivity index is 2.18. The zero-order valence-electron chi connectivity index (χ0n) is 12.0. The Hall–Kier alpha value is -1.59. The van der Waals surface area contributed by atoms with E-state index in [1.807, 2.05) is 18.2 Å². The molecule has 0 radical (unpaired) electrons. The highest BCUT2D eigenvalue weighted by Crippen LogP contribution is 2.31. The summed E-state index contributed by atoms with van der Waals surface area (Å²) < 4.78 is 5.45. The van der Waals surface area contributed by atoms with Crippen LogP contribution in [0.4, 0.5) is 0 Å². The number of rotatable bonds is 6. The molecule has 0 aliphatic carbocycles. The first kappa shape index (κ1) is 14.8. The Morgan fingerprint density at radius 1 is 1.40 bits per heavy atom. The minimum atomic E-state index is -0.121. The minimum Gasteiger partial charge on any atom is -0.496 e. The van der Waals surface area contributed by atoms with Gasteiger partial charge in [-0.25, -0.2) is 0 Å². The van der Waals surface area contributed by atoms with E-state index in [2.05, 4.69) is 16.3 Å². The van der Waals surface area contributed by atoms with Crippen LogP contribution in [0, 0.1) is 0 Å². The molecular formula is C15H23N3O2. The van der Waals surface area contributed by atoms with Crippen LogP contribution in [0.15, 0.2) is 24.3 Å². The molecule has 1 aliphatic heterocycles. The SMILES string of the molecule is COc1ccccc1C(CNC(=O)CN)N1CCCC1. The van der Waals surface area contributed by atoms with Crippen LogP contribution >= 0.6 is 0 Å². The summed E-state index contributed by atoms with van der Waals surface area (Å²) >= 11 is 0. The van der Waals surface area contributed by atoms with Crippen molar-refractivity contribution in [2.45, 2.75) is 18.9 Å². The summed E-state index contributed by atoms with van der Waals surface area (Å²) in [5.74, 6) is 0.746. The molecule has 5 heteroatoms. The maximum Gasteiger partial charge on any atom is 0.233 e. The molecule has 1 aromatic carbocycles. The van der Waals surface area contributed by atoms with Crippen molar-refractivity contribution < 1.29 is 9.53 Å². The molecule has 1 aromatic rings. The van der Waals surface area contributed by atoms with Crippen molar-refractivity contribution in [3.63, 3.8) is 0 Å². The molecule has 0 bridgehead atoms. The number of para-hydroxylation sites is 1. The summed E-state index contributed by atoms with van der Waals surface area (Å²) in [6, 6.07) is 8.14. The van der Waals surface area contributed by atoms with Crippen LogP contribution in [-0.4, -0.2) is 44.1 Å². The fourth-order valence-electron chi connectivity index (χ4n) is 2.71. The smallest absolute Gasteiger partial charge is 0.233 e. The van der Waals surface area contributed by atoms with E-state index >= 15 is 0 Å². The summed E-state index contributed by atoms with van der Waals surface area (Å²) in [5.41, 5.74) is 6.48. The quantitative estimate of drug-likeness (QED) is 0.811. The highest BCUT2D eigenvalue weighted by molar-refractivity contribution is 5.77. The molecule has 1 unspecified atom stereocenters. The normalized spacial score (nSPS) is 16.9. The van der Waals surface area contributed by atoms with Gasteiger partial charge in [0, 0.05) is 12.1 Å². The average molecular weight is 277 g/mol. The van der Waals surface area contributed by atoms with E-state index in [0.29, 0.717) is 6.54 Å². The van der Waals surface area contributed by atoms with Crippen LogP contribution in [0.1, 0.15) is 24.4 Å². The third kappa shape index (κ3) is 3.49. The van der Waals surface area contributed by atoms with Gasteiger partial charge >= 0.3 is 0 Å². The molecule has 5 nitrogen and oxygen atoms in total. The van der Waals surface area contributed by atoms with Crippen LogP contribution in [0.5, 0.6) is 5.75 Å². The first-order chi connectivity index (χ1) is 9.76. The van der Waals surface area contributed by atoms with Gasteiger partial charge in [-0.15, -0.1) is 0 Å². The molecule has 20 heavy (non-hydrogen) atoms. The second-order valence-electron chi connectivity index (χ2n) is 5.01. The van der Waals surface area contributed by atoms with Crippen molar-refractivity contribution in [2.24, 2.45) is 5.73 Å². The highest BCUT2D eigenvalue weighted by Gasteiger charge is 2.25. The van der Waals surface area contributed by atoms with E-state index in [9.17, 15) is 4.79 Å². The number of hydrogen-bond acceptors (Lipinski definition) is 4. The van der Waals surface area contributed by atoms with Crippen LogP contribution in [0.2, 0.25) is 0 Å². The molecule has 1 heterocycles. The molecule has 1 amide bonds. The number of likely N-dealkylation sites (tertiary alicyclic amines) is 1. The second-order valence-corrected chi connectivity index (χ2v) is 5.01. The van der Waals surface area contributed by atoms with Crippen LogP contribution in [0.3, 0.4) is 0 Å². The van der Waals surface area contributed by atoms with Gasteiger partial charge in [0.25, 0.3) is 0 Å². The van der Waals surface area contributed by atoms with Crippen molar-refractivity contribution >= 4 is 5.91 Å². The van der Waals surface area contributed by atoms with Gasteiger partial charge in [0.2, 0.25) is 5.91 Å². The number of benzene rings is 1. The lowest BCUT2D eigenvalue weighted by Crippen LogP contribution is -2.39. The third-order valence-corrected chi connectivity index (χ3v) is 3.76. The van der Waals surface area contributed by atoms with Gasteiger partial charge in [-0.3, -0.25) is 9.69 Å².